The zero-order valence-corrected chi connectivity index (χ0v) is 22.7. The molecule has 1 N–H and O–H groups in total. The van der Waals surface area contributed by atoms with Crippen molar-refractivity contribution < 1.29 is 9.90 Å². The van der Waals surface area contributed by atoms with E-state index < -0.39 is 0 Å². The molecular weight excluding hydrogens is 462 g/mol. The summed E-state index contributed by atoms with van der Waals surface area (Å²) >= 11 is 0. The number of hydrogen-bond donors (Lipinski definition) is 1. The second kappa shape index (κ2) is 8.72. The molecule has 0 spiro atoms. The fourth-order valence-electron chi connectivity index (χ4n) is 8.84. The van der Waals surface area contributed by atoms with Crippen molar-refractivity contribution in [1.82, 2.24) is 14.4 Å². The Morgan fingerprint density at radius 1 is 1.19 bits per heavy atom. The summed E-state index contributed by atoms with van der Waals surface area (Å²) in [4.78, 5) is 30.5. The van der Waals surface area contributed by atoms with E-state index in [4.69, 9.17) is 0 Å². The van der Waals surface area contributed by atoms with Crippen LogP contribution in [0.3, 0.4) is 0 Å². The van der Waals surface area contributed by atoms with Crippen LogP contribution >= 0.6 is 0 Å². The van der Waals surface area contributed by atoms with Gasteiger partial charge in [-0.3, -0.25) is 14.5 Å². The molecule has 2 saturated carbocycles. The lowest BCUT2D eigenvalue weighted by molar-refractivity contribution is -0.0760. The molecule has 1 saturated heterocycles. The van der Waals surface area contributed by atoms with Gasteiger partial charge in [0.15, 0.2) is 0 Å². The normalized spacial score (nSPS) is 31.5. The molecule has 6 nitrogen and oxygen atoms in total. The van der Waals surface area contributed by atoms with Crippen LogP contribution < -0.4 is 5.56 Å². The summed E-state index contributed by atoms with van der Waals surface area (Å²) in [6.45, 7) is 6.88. The topological polar surface area (TPSA) is 65.8 Å². The number of phenolic OH excluding ortho intramolecular Hbond substituents is 1. The SMILES string of the molecule is CCC12CCC(C(C)N(C)C(=O)c3ccn(C)c(=O)c3)C13CCN(CC1CC1)C2Cc1ccc(O)cc13. The number of piperidine rings is 1. The zero-order valence-electron chi connectivity index (χ0n) is 22.7. The van der Waals surface area contributed by atoms with Gasteiger partial charge < -0.3 is 14.6 Å². The summed E-state index contributed by atoms with van der Waals surface area (Å²) in [5, 5.41) is 10.7. The number of likely N-dealkylation sites (tertiary alicyclic amines) is 1. The molecule has 198 valence electrons. The Kier molecular flexibility index (Phi) is 5.83. The van der Waals surface area contributed by atoms with Gasteiger partial charge in [0, 0.05) is 56.0 Å². The molecule has 1 aliphatic heterocycles. The van der Waals surface area contributed by atoms with Crippen LogP contribution in [0.5, 0.6) is 5.75 Å². The van der Waals surface area contributed by atoms with Gasteiger partial charge in [0.1, 0.15) is 5.75 Å². The van der Waals surface area contributed by atoms with E-state index in [-0.39, 0.29) is 28.3 Å². The lowest BCUT2D eigenvalue weighted by Crippen LogP contribution is -2.67. The molecule has 1 aromatic carbocycles. The van der Waals surface area contributed by atoms with Crippen molar-refractivity contribution in [3.05, 3.63) is 63.6 Å². The Morgan fingerprint density at radius 2 is 1.97 bits per heavy atom. The van der Waals surface area contributed by atoms with Crippen molar-refractivity contribution in [3.8, 4) is 5.75 Å². The van der Waals surface area contributed by atoms with Crippen molar-refractivity contribution >= 4 is 5.91 Å². The van der Waals surface area contributed by atoms with Crippen LogP contribution in [0.1, 0.15) is 73.9 Å². The van der Waals surface area contributed by atoms with Crippen LogP contribution in [0.25, 0.3) is 0 Å². The lowest BCUT2D eigenvalue weighted by atomic mass is 9.46. The summed E-state index contributed by atoms with van der Waals surface area (Å²) in [7, 11) is 3.60. The predicted octanol–water partition coefficient (Wildman–Crippen LogP) is 4.34. The number of aryl methyl sites for hydroxylation is 1. The first-order chi connectivity index (χ1) is 17.7. The van der Waals surface area contributed by atoms with Gasteiger partial charge >= 0.3 is 0 Å². The number of aromatic hydroxyl groups is 1. The molecule has 4 aliphatic rings. The van der Waals surface area contributed by atoms with E-state index in [0.29, 0.717) is 23.3 Å². The molecule has 0 radical (unpaired) electrons. The Bertz CT molecular complexity index is 1280. The Hall–Kier alpha value is -2.60. The van der Waals surface area contributed by atoms with Gasteiger partial charge in [-0.25, -0.2) is 0 Å². The molecule has 2 aromatic rings. The maximum absolute atomic E-state index is 13.6. The van der Waals surface area contributed by atoms with E-state index in [1.165, 1.54) is 41.1 Å². The zero-order chi connectivity index (χ0) is 26.1. The average Bonchev–Trinajstić information content (AvgIpc) is 3.64. The van der Waals surface area contributed by atoms with E-state index in [2.05, 4.69) is 30.9 Å². The number of carbonyl (C=O) groups excluding carboxylic acids is 1. The molecule has 37 heavy (non-hydrogen) atoms. The second-order valence-corrected chi connectivity index (χ2v) is 12.4. The molecular formula is C31H41N3O3. The molecule has 2 bridgehead atoms. The Morgan fingerprint density at radius 3 is 2.68 bits per heavy atom. The Balaban J connectivity index is 1.42. The van der Waals surface area contributed by atoms with E-state index in [9.17, 15) is 14.7 Å². The summed E-state index contributed by atoms with van der Waals surface area (Å²) in [5.41, 5.74) is 3.08. The predicted molar refractivity (Wildman–Crippen MR) is 145 cm³/mol. The first-order valence-corrected chi connectivity index (χ1v) is 14.2. The Labute approximate surface area is 220 Å². The minimum Gasteiger partial charge on any atom is -0.508 e. The summed E-state index contributed by atoms with van der Waals surface area (Å²) in [6, 6.07) is 9.79. The van der Waals surface area contributed by atoms with Gasteiger partial charge in [-0.05, 0) is 105 Å². The number of benzene rings is 1. The third-order valence-corrected chi connectivity index (χ3v) is 11.0. The molecule has 1 aromatic heterocycles. The van der Waals surface area contributed by atoms with Crippen molar-refractivity contribution in [1.29, 1.82) is 0 Å². The number of nitrogens with zero attached hydrogens (tertiary/aromatic N) is 3. The van der Waals surface area contributed by atoms with Crippen molar-refractivity contribution in [2.24, 2.45) is 24.3 Å². The van der Waals surface area contributed by atoms with Crippen LogP contribution in [-0.4, -0.2) is 57.6 Å². The molecule has 2 heterocycles. The summed E-state index contributed by atoms with van der Waals surface area (Å²) < 4.78 is 1.49. The van der Waals surface area contributed by atoms with E-state index in [0.717, 1.165) is 44.6 Å². The number of rotatable bonds is 6. The van der Waals surface area contributed by atoms with Crippen molar-refractivity contribution in [2.45, 2.75) is 76.3 Å². The first kappa shape index (κ1) is 24.7. The van der Waals surface area contributed by atoms with Gasteiger partial charge in [0.2, 0.25) is 0 Å². The fraction of sp³-hybridized carbons (Fsp3) is 0.613. The molecule has 3 fully saturated rings. The quantitative estimate of drug-likeness (QED) is 0.637. The van der Waals surface area contributed by atoms with Gasteiger partial charge in [0.05, 0.1) is 0 Å². The molecule has 5 atom stereocenters. The highest BCUT2D eigenvalue weighted by molar-refractivity contribution is 5.94. The van der Waals surface area contributed by atoms with Crippen LogP contribution in [-0.2, 0) is 18.9 Å². The molecule has 6 rings (SSSR count). The molecule has 5 unspecified atom stereocenters. The largest absolute Gasteiger partial charge is 0.508 e. The van der Waals surface area contributed by atoms with Crippen LogP contribution in [0.4, 0.5) is 0 Å². The number of aromatic nitrogens is 1. The van der Waals surface area contributed by atoms with Crippen LogP contribution in [0.2, 0.25) is 0 Å². The lowest BCUT2D eigenvalue weighted by Gasteiger charge is -2.64. The highest BCUT2D eigenvalue weighted by Gasteiger charge is 2.69. The second-order valence-electron chi connectivity index (χ2n) is 12.4. The monoisotopic (exact) mass is 503 g/mol. The number of carbonyl (C=O) groups is 1. The van der Waals surface area contributed by atoms with E-state index >= 15 is 0 Å². The van der Waals surface area contributed by atoms with Crippen molar-refractivity contribution in [3.63, 3.8) is 0 Å². The van der Waals surface area contributed by atoms with Crippen LogP contribution in [0.15, 0.2) is 41.3 Å². The summed E-state index contributed by atoms with van der Waals surface area (Å²) in [6.07, 6.45) is 9.89. The average molecular weight is 504 g/mol. The van der Waals surface area contributed by atoms with Gasteiger partial charge in [-0.2, -0.15) is 0 Å². The van der Waals surface area contributed by atoms with Gasteiger partial charge in [-0.1, -0.05) is 13.0 Å². The standard InChI is InChI=1S/C31H41N3O3/c1-5-30-12-10-25(20(2)33(4)29(37)23-11-14-32(3)28(36)17-23)31(30)13-15-34(19-21-6-7-21)27(30)16-22-8-9-24(35)18-26(22)31/h8-9,11,14,17-18,20-21,25,27,35H,5-7,10,12-13,15-16,19H2,1-4H3. The number of pyridine rings is 1. The maximum Gasteiger partial charge on any atom is 0.254 e. The highest BCUT2D eigenvalue weighted by Crippen LogP contribution is 2.69. The summed E-state index contributed by atoms with van der Waals surface area (Å²) in [5.74, 6) is 1.41. The minimum atomic E-state index is -0.168. The third kappa shape index (κ3) is 3.54. The molecule has 1 amide bonds. The molecule has 6 heteroatoms. The number of fused-ring (bicyclic) bond motifs is 1. The van der Waals surface area contributed by atoms with E-state index in [1.807, 2.05) is 18.0 Å². The first-order valence-electron chi connectivity index (χ1n) is 14.2. The maximum atomic E-state index is 13.6. The fourth-order valence-corrected chi connectivity index (χ4v) is 8.84. The number of hydrogen-bond acceptors (Lipinski definition) is 4. The van der Waals surface area contributed by atoms with E-state index in [1.54, 1.807) is 19.3 Å². The van der Waals surface area contributed by atoms with Gasteiger partial charge in [-0.15, -0.1) is 0 Å². The molecule has 3 aliphatic carbocycles. The third-order valence-electron chi connectivity index (χ3n) is 11.0. The highest BCUT2D eigenvalue weighted by atomic mass is 16.3. The minimum absolute atomic E-state index is 0.00825. The van der Waals surface area contributed by atoms with Gasteiger partial charge in [0.25, 0.3) is 11.5 Å². The van der Waals surface area contributed by atoms with Crippen molar-refractivity contribution in [2.75, 3.05) is 20.1 Å². The smallest absolute Gasteiger partial charge is 0.254 e. The number of amides is 1. The van der Waals surface area contributed by atoms with Crippen LogP contribution in [0, 0.1) is 17.3 Å². The number of phenols is 1.